The van der Waals surface area contributed by atoms with Gasteiger partial charge in [-0.25, -0.2) is 0 Å². The van der Waals surface area contributed by atoms with Gasteiger partial charge in [-0.05, 0) is 42.2 Å². The van der Waals surface area contributed by atoms with Crippen molar-refractivity contribution in [3.63, 3.8) is 0 Å². The van der Waals surface area contributed by atoms with Crippen LogP contribution in [0.5, 0.6) is 5.75 Å². The average molecular weight is 313 g/mol. The summed E-state index contributed by atoms with van der Waals surface area (Å²) in [5, 5.41) is 3.65. The van der Waals surface area contributed by atoms with E-state index in [4.69, 9.17) is 9.47 Å². The largest absolute Gasteiger partial charge is 0.491 e. The summed E-state index contributed by atoms with van der Waals surface area (Å²) < 4.78 is 10.6. The highest BCUT2D eigenvalue weighted by Gasteiger charge is 2.09. The smallest absolute Gasteiger partial charge is 0.119 e. The first-order chi connectivity index (χ1) is 11.2. The standard InChI is InChI=1S/C20H27NO2/c1-4-20(21-15-18-8-6-5-7-16(18)2)17-9-11-19(12-10-17)23-14-13-22-3/h5-12,20-21H,4,13-15H2,1-3H3. The summed E-state index contributed by atoms with van der Waals surface area (Å²) in [4.78, 5) is 0. The van der Waals surface area contributed by atoms with Crippen molar-refractivity contribution in [1.29, 1.82) is 0 Å². The third kappa shape index (κ3) is 5.38. The maximum atomic E-state index is 5.61. The Morgan fingerprint density at radius 2 is 1.74 bits per heavy atom. The van der Waals surface area contributed by atoms with Crippen LogP contribution in [0.2, 0.25) is 0 Å². The first kappa shape index (κ1) is 17.5. The number of aryl methyl sites for hydroxylation is 1. The molecular weight excluding hydrogens is 286 g/mol. The number of nitrogens with one attached hydrogen (secondary N) is 1. The molecule has 1 unspecified atom stereocenters. The maximum Gasteiger partial charge on any atom is 0.119 e. The molecule has 23 heavy (non-hydrogen) atoms. The Balaban J connectivity index is 1.93. The average Bonchev–Trinajstić information content (AvgIpc) is 2.58. The lowest BCUT2D eigenvalue weighted by atomic mass is 10.0. The van der Waals surface area contributed by atoms with Crippen LogP contribution in [0.4, 0.5) is 0 Å². The topological polar surface area (TPSA) is 30.5 Å². The summed E-state index contributed by atoms with van der Waals surface area (Å²) >= 11 is 0. The monoisotopic (exact) mass is 313 g/mol. The summed E-state index contributed by atoms with van der Waals surface area (Å²) in [5.74, 6) is 0.888. The molecule has 124 valence electrons. The Morgan fingerprint density at radius 1 is 1.00 bits per heavy atom. The van der Waals surface area contributed by atoms with Crippen molar-refractivity contribution in [2.24, 2.45) is 0 Å². The van der Waals surface area contributed by atoms with Crippen LogP contribution in [0.15, 0.2) is 48.5 Å². The van der Waals surface area contributed by atoms with Gasteiger partial charge in [-0.2, -0.15) is 0 Å². The van der Waals surface area contributed by atoms with Crippen molar-refractivity contribution in [2.75, 3.05) is 20.3 Å². The summed E-state index contributed by atoms with van der Waals surface area (Å²) in [6, 6.07) is 17.2. The molecule has 2 rings (SSSR count). The highest BCUT2D eigenvalue weighted by atomic mass is 16.5. The second-order valence-corrected chi connectivity index (χ2v) is 5.68. The van der Waals surface area contributed by atoms with Gasteiger partial charge in [0.05, 0.1) is 6.61 Å². The fourth-order valence-corrected chi connectivity index (χ4v) is 2.58. The van der Waals surface area contributed by atoms with E-state index in [0.29, 0.717) is 19.3 Å². The Morgan fingerprint density at radius 3 is 2.39 bits per heavy atom. The lowest BCUT2D eigenvalue weighted by Crippen LogP contribution is -2.20. The minimum atomic E-state index is 0.350. The van der Waals surface area contributed by atoms with Crippen LogP contribution in [0.25, 0.3) is 0 Å². The molecular formula is C20H27NO2. The zero-order valence-electron chi connectivity index (χ0n) is 14.3. The molecule has 0 saturated carbocycles. The highest BCUT2D eigenvalue weighted by molar-refractivity contribution is 5.30. The first-order valence-electron chi connectivity index (χ1n) is 8.24. The zero-order valence-corrected chi connectivity index (χ0v) is 14.3. The van der Waals surface area contributed by atoms with E-state index >= 15 is 0 Å². The Bertz CT molecular complexity index is 580. The second kappa shape index (κ2) is 9.33. The Kier molecular flexibility index (Phi) is 7.11. The van der Waals surface area contributed by atoms with E-state index in [9.17, 15) is 0 Å². The van der Waals surface area contributed by atoms with Crippen LogP contribution in [0, 0.1) is 6.92 Å². The molecule has 3 nitrogen and oxygen atoms in total. The molecule has 3 heteroatoms. The molecule has 1 N–H and O–H groups in total. The normalized spacial score (nSPS) is 12.1. The molecule has 0 fully saturated rings. The number of benzene rings is 2. The molecule has 0 saturated heterocycles. The first-order valence-corrected chi connectivity index (χ1v) is 8.24. The van der Waals surface area contributed by atoms with E-state index in [1.54, 1.807) is 7.11 Å². The van der Waals surface area contributed by atoms with Gasteiger partial charge in [0.15, 0.2) is 0 Å². The molecule has 1 atom stereocenters. The Hall–Kier alpha value is -1.84. The molecule has 0 radical (unpaired) electrons. The number of hydrogen-bond donors (Lipinski definition) is 1. The predicted octanol–water partition coefficient (Wildman–Crippen LogP) is 4.26. The van der Waals surface area contributed by atoms with Crippen LogP contribution >= 0.6 is 0 Å². The lowest BCUT2D eigenvalue weighted by molar-refractivity contribution is 0.146. The fourth-order valence-electron chi connectivity index (χ4n) is 2.58. The van der Waals surface area contributed by atoms with Crippen molar-refractivity contribution in [2.45, 2.75) is 32.9 Å². The second-order valence-electron chi connectivity index (χ2n) is 5.68. The van der Waals surface area contributed by atoms with E-state index in [1.807, 2.05) is 12.1 Å². The SMILES string of the molecule is CCC(NCc1ccccc1C)c1ccc(OCCOC)cc1. The van der Waals surface area contributed by atoms with Crippen molar-refractivity contribution < 1.29 is 9.47 Å². The van der Waals surface area contributed by atoms with Crippen molar-refractivity contribution >= 4 is 0 Å². The van der Waals surface area contributed by atoms with Gasteiger partial charge >= 0.3 is 0 Å². The molecule has 0 aromatic heterocycles. The molecule has 0 aliphatic carbocycles. The number of hydrogen-bond acceptors (Lipinski definition) is 3. The molecule has 0 heterocycles. The number of methoxy groups -OCH3 is 1. The highest BCUT2D eigenvalue weighted by Crippen LogP contribution is 2.21. The van der Waals surface area contributed by atoms with Gasteiger partial charge in [-0.1, -0.05) is 43.3 Å². The molecule has 0 aliphatic heterocycles. The van der Waals surface area contributed by atoms with Crippen LogP contribution < -0.4 is 10.1 Å². The van der Waals surface area contributed by atoms with Gasteiger partial charge < -0.3 is 14.8 Å². The van der Waals surface area contributed by atoms with Gasteiger partial charge in [-0.15, -0.1) is 0 Å². The van der Waals surface area contributed by atoms with Crippen molar-refractivity contribution in [3.05, 3.63) is 65.2 Å². The van der Waals surface area contributed by atoms with Crippen LogP contribution in [-0.2, 0) is 11.3 Å². The molecule has 0 amide bonds. The van der Waals surface area contributed by atoms with Gasteiger partial charge in [0.25, 0.3) is 0 Å². The Labute approximate surface area is 139 Å². The van der Waals surface area contributed by atoms with Crippen LogP contribution in [0.3, 0.4) is 0 Å². The van der Waals surface area contributed by atoms with Crippen molar-refractivity contribution in [3.8, 4) is 5.75 Å². The molecule has 2 aromatic rings. The molecule has 0 aliphatic rings. The molecule has 0 bridgehead atoms. The van der Waals surface area contributed by atoms with E-state index in [0.717, 1.165) is 18.7 Å². The third-order valence-electron chi connectivity index (χ3n) is 4.05. The van der Waals surface area contributed by atoms with Crippen LogP contribution in [-0.4, -0.2) is 20.3 Å². The van der Waals surface area contributed by atoms with E-state index in [1.165, 1.54) is 16.7 Å². The minimum absolute atomic E-state index is 0.350. The number of ether oxygens (including phenoxy) is 2. The van der Waals surface area contributed by atoms with Gasteiger partial charge in [0.2, 0.25) is 0 Å². The maximum absolute atomic E-state index is 5.61. The minimum Gasteiger partial charge on any atom is -0.491 e. The zero-order chi connectivity index (χ0) is 16.5. The predicted molar refractivity (Wildman–Crippen MR) is 94.9 cm³/mol. The van der Waals surface area contributed by atoms with Gasteiger partial charge in [0, 0.05) is 19.7 Å². The van der Waals surface area contributed by atoms with E-state index in [-0.39, 0.29) is 0 Å². The summed E-state index contributed by atoms with van der Waals surface area (Å²) in [7, 11) is 1.68. The van der Waals surface area contributed by atoms with Gasteiger partial charge in [0.1, 0.15) is 12.4 Å². The fraction of sp³-hybridized carbons (Fsp3) is 0.400. The van der Waals surface area contributed by atoms with Crippen molar-refractivity contribution in [1.82, 2.24) is 5.32 Å². The quantitative estimate of drug-likeness (QED) is 0.702. The summed E-state index contributed by atoms with van der Waals surface area (Å²) in [6.45, 7) is 6.44. The molecule has 2 aromatic carbocycles. The summed E-state index contributed by atoms with van der Waals surface area (Å²) in [5.41, 5.74) is 3.97. The van der Waals surface area contributed by atoms with Gasteiger partial charge in [-0.3, -0.25) is 0 Å². The molecule has 0 spiro atoms. The lowest BCUT2D eigenvalue weighted by Gasteiger charge is -2.19. The third-order valence-corrected chi connectivity index (χ3v) is 4.05. The van der Waals surface area contributed by atoms with E-state index in [2.05, 4.69) is 55.6 Å². The summed E-state index contributed by atoms with van der Waals surface area (Å²) in [6.07, 6.45) is 1.05. The van der Waals surface area contributed by atoms with E-state index < -0.39 is 0 Å². The van der Waals surface area contributed by atoms with Crippen LogP contribution in [0.1, 0.15) is 36.1 Å². The number of rotatable bonds is 9.